The average molecular weight is 231 g/mol. The third-order valence-electron chi connectivity index (χ3n) is 2.52. The van der Waals surface area contributed by atoms with Crippen molar-refractivity contribution in [1.29, 1.82) is 0 Å². The number of nitrogen functional groups attached to an aromatic ring is 2. The van der Waals surface area contributed by atoms with Crippen molar-refractivity contribution in [3.05, 3.63) is 36.7 Å². The van der Waals surface area contributed by atoms with Gasteiger partial charge in [-0.05, 0) is 31.2 Å². The number of hydrogen-bond donors (Lipinski definition) is 3. The Kier molecular flexibility index (Phi) is 3.18. The molecule has 1 aromatic heterocycles. The van der Waals surface area contributed by atoms with Crippen LogP contribution < -0.4 is 16.8 Å². The number of anilines is 3. The Balaban J connectivity index is 1.98. The van der Waals surface area contributed by atoms with Crippen LogP contribution in [-0.2, 0) is 6.54 Å². The van der Waals surface area contributed by atoms with Crippen molar-refractivity contribution in [1.82, 2.24) is 9.78 Å². The molecule has 0 saturated heterocycles. The van der Waals surface area contributed by atoms with Crippen LogP contribution in [0.5, 0.6) is 0 Å². The van der Waals surface area contributed by atoms with E-state index in [1.54, 1.807) is 12.3 Å². The van der Waals surface area contributed by atoms with E-state index in [1.165, 1.54) is 0 Å². The van der Waals surface area contributed by atoms with Gasteiger partial charge in [-0.2, -0.15) is 5.10 Å². The summed E-state index contributed by atoms with van der Waals surface area (Å²) in [5.74, 6) is 0. The summed E-state index contributed by atoms with van der Waals surface area (Å²) in [6.45, 7) is 2.89. The van der Waals surface area contributed by atoms with Gasteiger partial charge in [-0.1, -0.05) is 0 Å². The van der Waals surface area contributed by atoms with Gasteiger partial charge in [0.1, 0.15) is 0 Å². The summed E-state index contributed by atoms with van der Waals surface area (Å²) in [5, 5.41) is 7.51. The van der Waals surface area contributed by atoms with Gasteiger partial charge in [0.15, 0.2) is 0 Å². The van der Waals surface area contributed by atoms with Crippen molar-refractivity contribution < 1.29 is 0 Å². The van der Waals surface area contributed by atoms with Gasteiger partial charge < -0.3 is 16.8 Å². The van der Waals surface area contributed by atoms with Crippen LogP contribution in [0.15, 0.2) is 36.7 Å². The van der Waals surface area contributed by atoms with Crippen molar-refractivity contribution >= 4 is 17.1 Å². The third kappa shape index (κ3) is 2.90. The Morgan fingerprint density at radius 2 is 2.18 bits per heavy atom. The van der Waals surface area contributed by atoms with E-state index in [2.05, 4.69) is 17.3 Å². The molecule has 0 amide bonds. The highest BCUT2D eigenvalue weighted by atomic mass is 15.3. The third-order valence-corrected chi connectivity index (χ3v) is 2.52. The first-order valence-electron chi connectivity index (χ1n) is 5.54. The molecular formula is C12H17N5. The minimum absolute atomic E-state index is 0.262. The van der Waals surface area contributed by atoms with Crippen LogP contribution in [0.2, 0.25) is 0 Å². The minimum Gasteiger partial charge on any atom is -0.397 e. The predicted octanol–water partition coefficient (Wildman–Crippen LogP) is 1.55. The maximum absolute atomic E-state index is 5.75. The quantitative estimate of drug-likeness (QED) is 0.697. The first-order chi connectivity index (χ1) is 8.15. The summed E-state index contributed by atoms with van der Waals surface area (Å²) < 4.78 is 1.89. The zero-order valence-electron chi connectivity index (χ0n) is 9.80. The molecule has 0 bridgehead atoms. The van der Waals surface area contributed by atoms with Crippen molar-refractivity contribution in [2.24, 2.45) is 0 Å². The first-order valence-corrected chi connectivity index (χ1v) is 5.54. The molecule has 17 heavy (non-hydrogen) atoms. The maximum Gasteiger partial charge on any atom is 0.0608 e. The molecule has 5 N–H and O–H groups in total. The van der Waals surface area contributed by atoms with Crippen LogP contribution >= 0.6 is 0 Å². The van der Waals surface area contributed by atoms with E-state index < -0.39 is 0 Å². The molecule has 0 spiro atoms. The van der Waals surface area contributed by atoms with Gasteiger partial charge in [0.25, 0.3) is 0 Å². The standard InChI is InChI=1S/C12H17N5/c1-9(8-17-6-2-5-15-17)16-10-3-4-11(13)12(14)7-10/h2-7,9,16H,8,13-14H2,1H3. The van der Waals surface area contributed by atoms with E-state index in [0.717, 1.165) is 12.2 Å². The van der Waals surface area contributed by atoms with E-state index in [-0.39, 0.29) is 6.04 Å². The summed E-state index contributed by atoms with van der Waals surface area (Å²) in [7, 11) is 0. The Bertz CT molecular complexity index is 478. The van der Waals surface area contributed by atoms with Gasteiger partial charge in [0.05, 0.1) is 17.9 Å². The topological polar surface area (TPSA) is 81.9 Å². The van der Waals surface area contributed by atoms with Crippen molar-refractivity contribution in [3.63, 3.8) is 0 Å². The van der Waals surface area contributed by atoms with E-state index >= 15 is 0 Å². The van der Waals surface area contributed by atoms with E-state index in [1.807, 2.05) is 29.1 Å². The fourth-order valence-electron chi connectivity index (χ4n) is 1.68. The molecule has 0 saturated carbocycles. The van der Waals surface area contributed by atoms with Crippen LogP contribution in [0.25, 0.3) is 0 Å². The van der Waals surface area contributed by atoms with Crippen molar-refractivity contribution in [3.8, 4) is 0 Å². The van der Waals surface area contributed by atoms with Crippen LogP contribution in [0.1, 0.15) is 6.92 Å². The lowest BCUT2D eigenvalue weighted by atomic mass is 10.2. The van der Waals surface area contributed by atoms with E-state index in [9.17, 15) is 0 Å². The maximum atomic E-state index is 5.75. The molecule has 5 heteroatoms. The second kappa shape index (κ2) is 4.78. The Labute approximate surface area is 100 Å². The number of nitrogens with one attached hydrogen (secondary N) is 1. The molecule has 1 aromatic carbocycles. The molecule has 2 aromatic rings. The number of rotatable bonds is 4. The number of benzene rings is 1. The van der Waals surface area contributed by atoms with Gasteiger partial charge in [-0.15, -0.1) is 0 Å². The molecular weight excluding hydrogens is 214 g/mol. The van der Waals surface area contributed by atoms with Crippen LogP contribution in [0, 0.1) is 0 Å². The molecule has 1 atom stereocenters. The number of hydrogen-bond acceptors (Lipinski definition) is 4. The van der Waals surface area contributed by atoms with Gasteiger partial charge in [-0.3, -0.25) is 4.68 Å². The molecule has 5 nitrogen and oxygen atoms in total. The first kappa shape index (κ1) is 11.3. The lowest BCUT2D eigenvalue weighted by molar-refractivity contribution is 0.561. The summed E-state index contributed by atoms with van der Waals surface area (Å²) in [6.07, 6.45) is 3.71. The highest BCUT2D eigenvalue weighted by molar-refractivity contribution is 5.69. The molecule has 0 fully saturated rings. The molecule has 2 rings (SSSR count). The fourth-order valence-corrected chi connectivity index (χ4v) is 1.68. The zero-order chi connectivity index (χ0) is 12.3. The molecule has 90 valence electrons. The monoisotopic (exact) mass is 231 g/mol. The van der Waals surface area contributed by atoms with Crippen LogP contribution in [-0.4, -0.2) is 15.8 Å². The smallest absolute Gasteiger partial charge is 0.0608 e. The van der Waals surface area contributed by atoms with Crippen molar-refractivity contribution in [2.75, 3.05) is 16.8 Å². The molecule has 1 unspecified atom stereocenters. The summed E-state index contributed by atoms with van der Waals surface area (Å²) >= 11 is 0. The van der Waals surface area contributed by atoms with E-state index in [4.69, 9.17) is 11.5 Å². The fraction of sp³-hybridized carbons (Fsp3) is 0.250. The number of nitrogens with two attached hydrogens (primary N) is 2. The van der Waals surface area contributed by atoms with Crippen LogP contribution in [0.3, 0.4) is 0 Å². The Morgan fingerprint density at radius 1 is 1.35 bits per heavy atom. The molecule has 1 heterocycles. The molecule has 0 radical (unpaired) electrons. The number of nitrogens with zero attached hydrogens (tertiary/aromatic N) is 2. The largest absolute Gasteiger partial charge is 0.397 e. The SMILES string of the molecule is CC(Cn1cccn1)Nc1ccc(N)c(N)c1. The molecule has 0 aliphatic carbocycles. The lowest BCUT2D eigenvalue weighted by Gasteiger charge is -2.16. The second-order valence-electron chi connectivity index (χ2n) is 4.12. The molecule has 0 aliphatic heterocycles. The highest BCUT2D eigenvalue weighted by Crippen LogP contribution is 2.20. The summed E-state index contributed by atoms with van der Waals surface area (Å²) in [5.41, 5.74) is 13.6. The van der Waals surface area contributed by atoms with E-state index in [0.29, 0.717) is 11.4 Å². The van der Waals surface area contributed by atoms with Gasteiger partial charge in [-0.25, -0.2) is 0 Å². The normalized spacial score (nSPS) is 12.3. The summed E-state index contributed by atoms with van der Waals surface area (Å²) in [6, 6.07) is 7.74. The van der Waals surface area contributed by atoms with Crippen molar-refractivity contribution in [2.45, 2.75) is 19.5 Å². The zero-order valence-corrected chi connectivity index (χ0v) is 9.80. The molecule has 0 aliphatic rings. The lowest BCUT2D eigenvalue weighted by Crippen LogP contribution is -2.22. The van der Waals surface area contributed by atoms with Gasteiger partial charge in [0.2, 0.25) is 0 Å². The Hall–Kier alpha value is -2.17. The second-order valence-corrected chi connectivity index (χ2v) is 4.12. The number of aromatic nitrogens is 2. The minimum atomic E-state index is 0.262. The predicted molar refractivity (Wildman–Crippen MR) is 70.6 cm³/mol. The van der Waals surface area contributed by atoms with Gasteiger partial charge in [0, 0.05) is 24.1 Å². The summed E-state index contributed by atoms with van der Waals surface area (Å²) in [4.78, 5) is 0. The van der Waals surface area contributed by atoms with Crippen LogP contribution in [0.4, 0.5) is 17.1 Å². The highest BCUT2D eigenvalue weighted by Gasteiger charge is 2.04. The van der Waals surface area contributed by atoms with Gasteiger partial charge >= 0.3 is 0 Å². The Morgan fingerprint density at radius 3 is 2.82 bits per heavy atom. The average Bonchev–Trinajstić information content (AvgIpc) is 2.76.